The molecule has 2 aliphatic rings. The van der Waals surface area contributed by atoms with Crippen molar-refractivity contribution in [3.8, 4) is 0 Å². The Hall–Kier alpha value is -3.58. The first-order valence-corrected chi connectivity index (χ1v) is 16.4. The summed E-state index contributed by atoms with van der Waals surface area (Å²) >= 11 is 0. The van der Waals surface area contributed by atoms with Crippen molar-refractivity contribution in [2.24, 2.45) is 5.92 Å². The Morgan fingerprint density at radius 2 is 1.73 bits per heavy atom. The standard InChI is InChI=1S/C31H37F3N4O5S.CH4/c1-20-7-10-23(38(20)24-11-14-28-26(17-24)27(31(32,33)34)18-29(39)37-28)15-16-43-30(40)36-22-8-12-25(13-9-22)44(41,42)35-19-21-5-3-2-4-6-21;/h8-9,11-14,17-18,20-21,23,35H,2-7,10,15-16,19H2,1H3,(H,36,40)(H,37,39);1H4/t20-,23-;/m1./s1. The van der Waals surface area contributed by atoms with Crippen molar-refractivity contribution in [2.45, 2.75) is 88.9 Å². The van der Waals surface area contributed by atoms with Gasteiger partial charge >= 0.3 is 12.3 Å². The molecule has 0 bridgehead atoms. The molecule has 13 heteroatoms. The number of alkyl halides is 3. The van der Waals surface area contributed by atoms with Gasteiger partial charge in [0.15, 0.2) is 0 Å². The predicted octanol–water partition coefficient (Wildman–Crippen LogP) is 7.04. The number of rotatable bonds is 9. The second-order valence-electron chi connectivity index (χ2n) is 11.7. The van der Waals surface area contributed by atoms with Crippen LogP contribution in [0.1, 0.15) is 71.3 Å². The van der Waals surface area contributed by atoms with Crippen LogP contribution in [0.2, 0.25) is 0 Å². The Morgan fingerprint density at radius 3 is 2.42 bits per heavy atom. The first-order chi connectivity index (χ1) is 20.9. The van der Waals surface area contributed by atoms with Crippen LogP contribution in [0.15, 0.2) is 58.2 Å². The Labute approximate surface area is 261 Å². The number of benzene rings is 2. The predicted molar refractivity (Wildman–Crippen MR) is 169 cm³/mol. The van der Waals surface area contributed by atoms with Gasteiger partial charge in [-0.2, -0.15) is 13.2 Å². The first-order valence-electron chi connectivity index (χ1n) is 15.0. The number of hydrogen-bond donors (Lipinski definition) is 3. The lowest BCUT2D eigenvalue weighted by Gasteiger charge is -2.31. The van der Waals surface area contributed by atoms with Crippen LogP contribution in [-0.4, -0.2) is 44.7 Å². The summed E-state index contributed by atoms with van der Waals surface area (Å²) in [6.45, 7) is 2.48. The fourth-order valence-corrected chi connectivity index (χ4v) is 7.43. The zero-order valence-electron chi connectivity index (χ0n) is 24.5. The number of carbonyl (C=O) groups excluding carboxylic acids is 1. The fraction of sp³-hybridized carbons (Fsp3) is 0.500. The van der Waals surface area contributed by atoms with E-state index in [0.29, 0.717) is 36.3 Å². The van der Waals surface area contributed by atoms with Crippen LogP contribution >= 0.6 is 0 Å². The molecule has 1 amide bonds. The minimum atomic E-state index is -4.68. The van der Waals surface area contributed by atoms with Crippen LogP contribution in [-0.2, 0) is 20.9 Å². The summed E-state index contributed by atoms with van der Waals surface area (Å²) in [4.78, 5) is 28.8. The average Bonchev–Trinajstić information content (AvgIpc) is 3.35. The molecular formula is C32H41F3N4O5S. The summed E-state index contributed by atoms with van der Waals surface area (Å²) in [5, 5.41) is 2.52. The Morgan fingerprint density at radius 1 is 1.02 bits per heavy atom. The van der Waals surface area contributed by atoms with Crippen molar-refractivity contribution in [3.05, 3.63) is 64.4 Å². The molecule has 246 valence electrons. The number of halogens is 3. The van der Waals surface area contributed by atoms with Crippen molar-refractivity contribution in [1.29, 1.82) is 0 Å². The molecule has 0 unspecified atom stereocenters. The molecule has 2 aromatic carbocycles. The number of amides is 1. The summed E-state index contributed by atoms with van der Waals surface area (Å²) in [5.41, 5.74) is -0.714. The molecule has 5 rings (SSSR count). The van der Waals surface area contributed by atoms with E-state index < -0.39 is 33.4 Å². The number of fused-ring (bicyclic) bond motifs is 1. The lowest BCUT2D eigenvalue weighted by molar-refractivity contribution is -0.136. The van der Waals surface area contributed by atoms with Crippen LogP contribution < -0.4 is 20.5 Å². The molecule has 2 atom stereocenters. The van der Waals surface area contributed by atoms with Gasteiger partial charge in [-0.05, 0) is 81.0 Å². The van der Waals surface area contributed by atoms with Gasteiger partial charge in [0.2, 0.25) is 15.6 Å². The summed E-state index contributed by atoms with van der Waals surface area (Å²) in [7, 11) is -3.66. The van der Waals surface area contributed by atoms with Crippen LogP contribution in [0.5, 0.6) is 0 Å². The highest BCUT2D eigenvalue weighted by Gasteiger charge is 2.35. The van der Waals surface area contributed by atoms with Crippen LogP contribution in [0.25, 0.3) is 10.9 Å². The maximum atomic E-state index is 13.7. The Balaban J connectivity index is 0.00000461. The van der Waals surface area contributed by atoms with E-state index in [4.69, 9.17) is 4.74 Å². The van der Waals surface area contributed by atoms with Crippen molar-refractivity contribution < 1.29 is 31.1 Å². The lowest BCUT2D eigenvalue weighted by atomic mass is 9.90. The number of nitrogens with zero attached hydrogens (tertiary/aromatic N) is 1. The molecular weight excluding hydrogens is 609 g/mol. The Kier molecular flexibility index (Phi) is 10.9. The largest absolute Gasteiger partial charge is 0.449 e. The van der Waals surface area contributed by atoms with Gasteiger partial charge in [0.05, 0.1) is 17.1 Å². The molecule has 1 aliphatic heterocycles. The second-order valence-corrected chi connectivity index (χ2v) is 13.5. The molecule has 9 nitrogen and oxygen atoms in total. The molecule has 1 aromatic heterocycles. The number of hydrogen-bond acceptors (Lipinski definition) is 6. The molecule has 2 heterocycles. The smallest absolute Gasteiger partial charge is 0.417 e. The highest BCUT2D eigenvalue weighted by Crippen LogP contribution is 2.38. The van der Waals surface area contributed by atoms with Crippen molar-refractivity contribution in [3.63, 3.8) is 0 Å². The minimum absolute atomic E-state index is 0. The third-order valence-electron chi connectivity index (χ3n) is 8.60. The molecule has 2 fully saturated rings. The lowest BCUT2D eigenvalue weighted by Crippen LogP contribution is -2.35. The van der Waals surface area contributed by atoms with Crippen molar-refractivity contribution in [2.75, 3.05) is 23.4 Å². The van der Waals surface area contributed by atoms with E-state index in [1.165, 1.54) is 42.8 Å². The summed E-state index contributed by atoms with van der Waals surface area (Å²) in [5.74, 6) is 0.357. The van der Waals surface area contributed by atoms with Gasteiger partial charge in [-0.25, -0.2) is 17.9 Å². The van der Waals surface area contributed by atoms with E-state index >= 15 is 0 Å². The SMILES string of the molecule is C.C[C@@H]1CC[C@H](CCOC(=O)Nc2ccc(S(=O)(=O)NCC3CCCCC3)cc2)N1c1ccc2[nH]c(=O)cc(C(F)(F)F)c2c1. The highest BCUT2D eigenvalue weighted by molar-refractivity contribution is 7.89. The summed E-state index contributed by atoms with van der Waals surface area (Å²) in [6.07, 6.45) is 2.18. The van der Waals surface area contributed by atoms with Crippen LogP contribution in [0, 0.1) is 5.92 Å². The normalized spacial score (nSPS) is 19.3. The number of pyridine rings is 1. The molecule has 1 aliphatic carbocycles. The molecule has 3 aromatic rings. The van der Waals surface area contributed by atoms with Gasteiger partial charge < -0.3 is 14.6 Å². The minimum Gasteiger partial charge on any atom is -0.449 e. The molecule has 1 saturated heterocycles. The maximum Gasteiger partial charge on any atom is 0.417 e. The fourth-order valence-electron chi connectivity index (χ4n) is 6.32. The molecule has 0 spiro atoms. The Bertz CT molecular complexity index is 1640. The monoisotopic (exact) mass is 650 g/mol. The summed E-state index contributed by atoms with van der Waals surface area (Å²) < 4.78 is 74.4. The average molecular weight is 651 g/mol. The number of nitrogens with one attached hydrogen (secondary N) is 3. The van der Waals surface area contributed by atoms with Gasteiger partial charge in [0, 0.05) is 53.4 Å². The van der Waals surface area contributed by atoms with Crippen molar-refractivity contribution in [1.82, 2.24) is 9.71 Å². The number of aromatic amines is 1. The summed E-state index contributed by atoms with van der Waals surface area (Å²) in [6, 6.07) is 11.0. The highest BCUT2D eigenvalue weighted by atomic mass is 32.2. The molecule has 0 radical (unpaired) electrons. The van der Waals surface area contributed by atoms with Crippen molar-refractivity contribution >= 4 is 38.4 Å². The third kappa shape index (κ3) is 8.37. The number of ether oxygens (including phenoxy) is 1. The number of sulfonamides is 1. The van der Waals surface area contributed by atoms with E-state index in [9.17, 15) is 31.2 Å². The number of H-pyrrole nitrogens is 1. The van der Waals surface area contributed by atoms with E-state index in [2.05, 4.69) is 15.0 Å². The van der Waals surface area contributed by atoms with E-state index in [0.717, 1.165) is 38.5 Å². The van der Waals surface area contributed by atoms with E-state index in [-0.39, 0.29) is 41.9 Å². The van der Waals surface area contributed by atoms with Crippen LogP contribution in [0.3, 0.4) is 0 Å². The molecule has 45 heavy (non-hydrogen) atoms. The van der Waals surface area contributed by atoms with E-state index in [1.807, 2.05) is 11.8 Å². The van der Waals surface area contributed by atoms with E-state index in [1.54, 1.807) is 6.07 Å². The third-order valence-corrected chi connectivity index (χ3v) is 10.0. The second kappa shape index (κ2) is 14.2. The zero-order chi connectivity index (χ0) is 31.5. The molecule has 1 saturated carbocycles. The van der Waals surface area contributed by atoms with Gasteiger partial charge in [-0.1, -0.05) is 26.7 Å². The maximum absolute atomic E-state index is 13.7. The van der Waals surface area contributed by atoms with Crippen LogP contribution in [0.4, 0.5) is 29.3 Å². The van der Waals surface area contributed by atoms with Gasteiger partial charge in [0.25, 0.3) is 0 Å². The van der Waals surface area contributed by atoms with Gasteiger partial charge in [-0.15, -0.1) is 0 Å². The van der Waals surface area contributed by atoms with Gasteiger partial charge in [0.1, 0.15) is 0 Å². The quantitative estimate of drug-likeness (QED) is 0.229. The number of aromatic nitrogens is 1. The topological polar surface area (TPSA) is 121 Å². The molecule has 3 N–H and O–H groups in total. The number of carbonyl (C=O) groups is 1. The van der Waals surface area contributed by atoms with Gasteiger partial charge in [-0.3, -0.25) is 10.1 Å². The first kappa shape index (κ1) is 34.3. The number of anilines is 2. The zero-order valence-corrected chi connectivity index (χ0v) is 25.3.